The van der Waals surface area contributed by atoms with Crippen LogP contribution in [0.4, 0.5) is 0 Å². The number of unbranched alkanes of at least 4 members (excludes halogenated alkanes) is 4. The summed E-state index contributed by atoms with van der Waals surface area (Å²) in [5.41, 5.74) is 0. The van der Waals surface area contributed by atoms with Gasteiger partial charge >= 0.3 is 0 Å². The summed E-state index contributed by atoms with van der Waals surface area (Å²) in [7, 11) is 0. The summed E-state index contributed by atoms with van der Waals surface area (Å²) in [6.07, 6.45) is 6.58. The Hall–Kier alpha value is -1.06. The number of carbonyl (C=O) groups excluding carboxylic acids is 2. The fourth-order valence-corrected chi connectivity index (χ4v) is 2.75. The number of carbonyl (C=O) groups is 2. The number of rotatable bonds is 8. The molecule has 1 rings (SSSR count). The van der Waals surface area contributed by atoms with Crippen LogP contribution in [0, 0.1) is 5.92 Å². The molecule has 2 amide bonds. The van der Waals surface area contributed by atoms with E-state index >= 15 is 0 Å². The fraction of sp³-hybridized carbons (Fsp3) is 0.875. The van der Waals surface area contributed by atoms with Gasteiger partial charge in [-0.1, -0.05) is 46.5 Å². The smallest absolute Gasteiger partial charge is 0.245 e. The zero-order chi connectivity index (χ0) is 15.1. The van der Waals surface area contributed by atoms with Crippen LogP contribution in [0.5, 0.6) is 0 Å². The van der Waals surface area contributed by atoms with Gasteiger partial charge in [0.2, 0.25) is 11.8 Å². The molecule has 1 N–H and O–H groups in total. The van der Waals surface area contributed by atoms with Crippen molar-refractivity contribution < 1.29 is 9.59 Å². The number of nitrogens with one attached hydrogen (secondary N) is 1. The largest absolute Gasteiger partial charge is 0.343 e. The van der Waals surface area contributed by atoms with Gasteiger partial charge in [-0.2, -0.15) is 0 Å². The molecule has 0 aromatic heterocycles. The van der Waals surface area contributed by atoms with Crippen LogP contribution < -0.4 is 5.32 Å². The Balaban J connectivity index is 2.58. The molecular weight excluding hydrogens is 252 g/mol. The standard InChI is InChI=1S/C16H30N2O2/c1-5-6-7-8-9-10-18-14(11-12(2)3)15(19)17-13(4)16(18)20/h12-14H,5-11H2,1-4H3,(H,17,19). The third-order valence-electron chi connectivity index (χ3n) is 3.89. The fourth-order valence-electron chi connectivity index (χ4n) is 2.75. The summed E-state index contributed by atoms with van der Waals surface area (Å²) in [6, 6.07) is -0.647. The molecule has 1 heterocycles. The van der Waals surface area contributed by atoms with E-state index in [4.69, 9.17) is 0 Å². The summed E-state index contributed by atoms with van der Waals surface area (Å²) < 4.78 is 0. The van der Waals surface area contributed by atoms with E-state index in [1.165, 1.54) is 19.3 Å². The Kier molecular flexibility index (Phi) is 7.03. The Morgan fingerprint density at radius 3 is 2.40 bits per heavy atom. The molecule has 2 atom stereocenters. The zero-order valence-corrected chi connectivity index (χ0v) is 13.4. The average Bonchev–Trinajstić information content (AvgIpc) is 2.38. The van der Waals surface area contributed by atoms with E-state index < -0.39 is 0 Å². The van der Waals surface area contributed by atoms with Crippen LogP contribution in [0.15, 0.2) is 0 Å². The molecule has 1 saturated heterocycles. The molecule has 20 heavy (non-hydrogen) atoms. The van der Waals surface area contributed by atoms with Gasteiger partial charge in [0, 0.05) is 6.54 Å². The molecule has 1 fully saturated rings. The number of piperazine rings is 1. The van der Waals surface area contributed by atoms with Crippen molar-refractivity contribution in [1.29, 1.82) is 0 Å². The molecular formula is C16H30N2O2. The first-order chi connectivity index (χ1) is 9.47. The van der Waals surface area contributed by atoms with Gasteiger partial charge in [-0.3, -0.25) is 9.59 Å². The number of nitrogens with zero attached hydrogens (tertiary/aromatic N) is 1. The SMILES string of the molecule is CCCCCCCN1C(=O)C(C)NC(=O)C1CC(C)C. The van der Waals surface area contributed by atoms with Gasteiger partial charge in [0.05, 0.1) is 0 Å². The maximum atomic E-state index is 12.3. The molecule has 0 aliphatic carbocycles. The zero-order valence-electron chi connectivity index (χ0n) is 13.4. The molecule has 4 heteroatoms. The van der Waals surface area contributed by atoms with E-state index in [1.54, 1.807) is 6.92 Å². The summed E-state index contributed by atoms with van der Waals surface area (Å²) in [6.45, 7) is 8.87. The van der Waals surface area contributed by atoms with Crippen molar-refractivity contribution >= 4 is 11.8 Å². The van der Waals surface area contributed by atoms with Crippen LogP contribution in [0.25, 0.3) is 0 Å². The van der Waals surface area contributed by atoms with Crippen LogP contribution in [0.2, 0.25) is 0 Å². The van der Waals surface area contributed by atoms with E-state index in [0.717, 1.165) is 25.8 Å². The first kappa shape index (κ1) is 17.0. The second kappa shape index (κ2) is 8.28. The quantitative estimate of drug-likeness (QED) is 0.696. The lowest BCUT2D eigenvalue weighted by molar-refractivity contribution is -0.149. The third-order valence-corrected chi connectivity index (χ3v) is 3.89. The van der Waals surface area contributed by atoms with Crippen molar-refractivity contribution in [1.82, 2.24) is 10.2 Å². The lowest BCUT2D eigenvalue weighted by atomic mass is 9.97. The molecule has 116 valence electrons. The Labute approximate surface area is 123 Å². The first-order valence-electron chi connectivity index (χ1n) is 8.08. The predicted octanol–water partition coefficient (Wildman–Crippen LogP) is 2.72. The topological polar surface area (TPSA) is 49.4 Å². The Morgan fingerprint density at radius 2 is 1.80 bits per heavy atom. The van der Waals surface area contributed by atoms with Gasteiger partial charge in [-0.15, -0.1) is 0 Å². The van der Waals surface area contributed by atoms with E-state index in [0.29, 0.717) is 5.92 Å². The van der Waals surface area contributed by atoms with E-state index in [-0.39, 0.29) is 23.9 Å². The van der Waals surface area contributed by atoms with Gasteiger partial charge < -0.3 is 10.2 Å². The summed E-state index contributed by atoms with van der Waals surface area (Å²) >= 11 is 0. The van der Waals surface area contributed by atoms with E-state index in [9.17, 15) is 9.59 Å². The van der Waals surface area contributed by atoms with Gasteiger partial charge in [0.1, 0.15) is 12.1 Å². The maximum Gasteiger partial charge on any atom is 0.245 e. The summed E-state index contributed by atoms with van der Waals surface area (Å²) in [5, 5.41) is 2.80. The van der Waals surface area contributed by atoms with Crippen molar-refractivity contribution in [2.75, 3.05) is 6.54 Å². The number of amides is 2. The Morgan fingerprint density at radius 1 is 1.15 bits per heavy atom. The molecule has 1 aliphatic heterocycles. The molecule has 0 bridgehead atoms. The van der Waals surface area contributed by atoms with Crippen LogP contribution in [0.1, 0.15) is 66.2 Å². The van der Waals surface area contributed by atoms with Crippen molar-refractivity contribution in [2.24, 2.45) is 5.92 Å². The van der Waals surface area contributed by atoms with Gasteiger partial charge in [0.25, 0.3) is 0 Å². The minimum absolute atomic E-state index is 0.0133. The van der Waals surface area contributed by atoms with Crippen LogP contribution in [-0.4, -0.2) is 35.3 Å². The normalized spacial score (nSPS) is 23.4. The first-order valence-corrected chi connectivity index (χ1v) is 8.08. The summed E-state index contributed by atoms with van der Waals surface area (Å²) in [5.74, 6) is 0.500. The maximum absolute atomic E-state index is 12.3. The lowest BCUT2D eigenvalue weighted by Crippen LogP contribution is -2.62. The lowest BCUT2D eigenvalue weighted by Gasteiger charge is -2.38. The van der Waals surface area contributed by atoms with Crippen molar-refractivity contribution in [2.45, 2.75) is 78.3 Å². The molecule has 0 saturated carbocycles. The monoisotopic (exact) mass is 282 g/mol. The van der Waals surface area contributed by atoms with Crippen LogP contribution in [0.3, 0.4) is 0 Å². The van der Waals surface area contributed by atoms with Crippen molar-refractivity contribution in [3.05, 3.63) is 0 Å². The van der Waals surface area contributed by atoms with Gasteiger partial charge in [-0.25, -0.2) is 0 Å². The van der Waals surface area contributed by atoms with Crippen molar-refractivity contribution in [3.8, 4) is 0 Å². The van der Waals surface area contributed by atoms with Crippen LogP contribution >= 0.6 is 0 Å². The summed E-state index contributed by atoms with van der Waals surface area (Å²) in [4.78, 5) is 26.2. The highest BCUT2D eigenvalue weighted by Gasteiger charge is 2.38. The molecule has 0 radical (unpaired) electrons. The minimum Gasteiger partial charge on any atom is -0.343 e. The highest BCUT2D eigenvalue weighted by Crippen LogP contribution is 2.18. The highest BCUT2D eigenvalue weighted by molar-refractivity contribution is 5.96. The molecule has 1 aliphatic rings. The van der Waals surface area contributed by atoms with E-state index in [1.807, 2.05) is 4.90 Å². The molecule has 0 aromatic carbocycles. The second-order valence-electron chi connectivity index (χ2n) is 6.32. The minimum atomic E-state index is -0.374. The molecule has 0 aromatic rings. The molecule has 2 unspecified atom stereocenters. The van der Waals surface area contributed by atoms with Crippen LogP contribution in [-0.2, 0) is 9.59 Å². The highest BCUT2D eigenvalue weighted by atomic mass is 16.2. The predicted molar refractivity (Wildman–Crippen MR) is 81.3 cm³/mol. The Bertz CT molecular complexity index is 328. The second-order valence-corrected chi connectivity index (χ2v) is 6.32. The number of hydrogen-bond acceptors (Lipinski definition) is 2. The van der Waals surface area contributed by atoms with Gasteiger partial charge in [-0.05, 0) is 25.7 Å². The van der Waals surface area contributed by atoms with Gasteiger partial charge in [0.15, 0.2) is 0 Å². The average molecular weight is 282 g/mol. The molecule has 4 nitrogen and oxygen atoms in total. The van der Waals surface area contributed by atoms with E-state index in [2.05, 4.69) is 26.1 Å². The number of hydrogen-bond donors (Lipinski definition) is 1. The third kappa shape index (κ3) is 4.80. The van der Waals surface area contributed by atoms with Crippen molar-refractivity contribution in [3.63, 3.8) is 0 Å². The molecule has 0 spiro atoms.